The van der Waals surface area contributed by atoms with Crippen LogP contribution in [0.2, 0.25) is 18.1 Å². The van der Waals surface area contributed by atoms with Crippen LogP contribution >= 0.6 is 0 Å². The summed E-state index contributed by atoms with van der Waals surface area (Å²) in [6, 6.07) is 0. The summed E-state index contributed by atoms with van der Waals surface area (Å²) in [7, 11) is -1.99. The number of carbonyl (C=O) groups is 1. The molecule has 5 nitrogen and oxygen atoms in total. The van der Waals surface area contributed by atoms with Gasteiger partial charge in [0.05, 0.1) is 17.6 Å². The molecule has 1 spiro atoms. The lowest BCUT2D eigenvalue weighted by Gasteiger charge is -2.46. The van der Waals surface area contributed by atoms with Crippen molar-refractivity contribution >= 4 is 14.1 Å². The summed E-state index contributed by atoms with van der Waals surface area (Å²) in [6.45, 7) is 19.3. The first kappa shape index (κ1) is 25.2. The molecule has 3 saturated carbocycles. The van der Waals surface area contributed by atoms with Gasteiger partial charge in [-0.25, -0.2) is 0 Å². The molecule has 0 saturated heterocycles. The Labute approximate surface area is 201 Å². The van der Waals surface area contributed by atoms with Gasteiger partial charge in [0.15, 0.2) is 14.1 Å². The minimum Gasteiger partial charge on any atom is -0.488 e. The van der Waals surface area contributed by atoms with Gasteiger partial charge in [-0.3, -0.25) is 4.79 Å². The number of hydrogen-bond acceptors (Lipinski definition) is 5. The maximum atomic E-state index is 14.2. The average Bonchev–Trinajstić information content (AvgIpc) is 3.25. The molecule has 0 amide bonds. The zero-order valence-electron chi connectivity index (χ0n) is 22.3. The Morgan fingerprint density at radius 2 is 1.58 bits per heavy atom. The molecule has 0 aromatic carbocycles. The van der Waals surface area contributed by atoms with Crippen LogP contribution < -0.4 is 0 Å². The molecule has 0 radical (unpaired) electrons. The number of fused-ring (bicyclic) bond motifs is 3. The van der Waals surface area contributed by atoms with Crippen molar-refractivity contribution < 1.29 is 23.8 Å². The smallest absolute Gasteiger partial charge is 0.210 e. The quantitative estimate of drug-likeness (QED) is 0.477. The molecule has 1 N–H and O–H groups in total. The second-order valence-electron chi connectivity index (χ2n) is 13.1. The second-order valence-corrected chi connectivity index (χ2v) is 17.8. The number of carbonyl (C=O) groups excluding carboxylic acids is 1. The number of hydrogen-bond donors (Lipinski definition) is 1. The molecule has 6 atom stereocenters. The van der Waals surface area contributed by atoms with Crippen LogP contribution in [0.4, 0.5) is 0 Å². The zero-order chi connectivity index (χ0) is 24.6. The highest BCUT2D eigenvalue weighted by atomic mass is 28.4. The summed E-state index contributed by atoms with van der Waals surface area (Å²) in [5.41, 5.74) is -2.12. The van der Waals surface area contributed by atoms with E-state index < -0.39 is 19.3 Å². The first-order valence-electron chi connectivity index (χ1n) is 13.2. The molecule has 0 heterocycles. The Kier molecular flexibility index (Phi) is 6.19. The van der Waals surface area contributed by atoms with Crippen molar-refractivity contribution in [1.82, 2.24) is 0 Å². The van der Waals surface area contributed by atoms with E-state index in [1.807, 2.05) is 27.7 Å². The number of aliphatic hydroxyl groups is 1. The van der Waals surface area contributed by atoms with Gasteiger partial charge in [0.25, 0.3) is 0 Å². The Morgan fingerprint density at radius 3 is 2.15 bits per heavy atom. The SMILES string of the molecule is CC(C)OC1=C(OC(C)C)[C@]2(O)C3CCCC(O[Si](C)(C)C(C)(C)C)C3[C@H]3CCC[C@]32C1=O. The van der Waals surface area contributed by atoms with E-state index in [0.29, 0.717) is 17.9 Å². The molecule has 6 heteroatoms. The van der Waals surface area contributed by atoms with Crippen molar-refractivity contribution in [3.63, 3.8) is 0 Å². The van der Waals surface area contributed by atoms with Crippen molar-refractivity contribution in [2.75, 3.05) is 0 Å². The van der Waals surface area contributed by atoms with E-state index in [2.05, 4.69) is 33.9 Å². The molecule has 33 heavy (non-hydrogen) atoms. The molecule has 4 aliphatic carbocycles. The minimum absolute atomic E-state index is 0.0164. The lowest BCUT2D eigenvalue weighted by molar-refractivity contribution is -0.143. The third-order valence-corrected chi connectivity index (χ3v) is 13.9. The van der Waals surface area contributed by atoms with E-state index in [1.54, 1.807) is 0 Å². The number of ketones is 1. The fraction of sp³-hybridized carbons (Fsp3) is 0.889. The van der Waals surface area contributed by atoms with Crippen LogP contribution in [0.15, 0.2) is 11.5 Å². The molecule has 0 aliphatic heterocycles. The number of allylic oxidation sites excluding steroid dienone is 1. The van der Waals surface area contributed by atoms with Gasteiger partial charge >= 0.3 is 0 Å². The van der Waals surface area contributed by atoms with Crippen molar-refractivity contribution in [2.45, 2.75) is 129 Å². The number of ether oxygens (including phenoxy) is 2. The van der Waals surface area contributed by atoms with E-state index >= 15 is 0 Å². The summed E-state index contributed by atoms with van der Waals surface area (Å²) in [5.74, 6) is 0.974. The summed E-state index contributed by atoms with van der Waals surface area (Å²) >= 11 is 0. The van der Waals surface area contributed by atoms with Gasteiger partial charge in [0, 0.05) is 12.0 Å². The molecular weight excluding hydrogens is 432 g/mol. The van der Waals surface area contributed by atoms with Crippen LogP contribution in [-0.2, 0) is 18.7 Å². The Bertz CT molecular complexity index is 825. The highest BCUT2D eigenvalue weighted by Gasteiger charge is 2.80. The molecular formula is C27H46O5Si. The van der Waals surface area contributed by atoms with Gasteiger partial charge in [-0.2, -0.15) is 0 Å². The van der Waals surface area contributed by atoms with E-state index in [1.165, 1.54) is 0 Å². The minimum atomic E-state index is -1.99. The third kappa shape index (κ3) is 3.48. The normalized spacial score (nSPS) is 38.7. The van der Waals surface area contributed by atoms with E-state index in [-0.39, 0.29) is 46.9 Å². The average molecular weight is 479 g/mol. The fourth-order valence-electron chi connectivity index (χ4n) is 7.29. The van der Waals surface area contributed by atoms with E-state index in [0.717, 1.165) is 32.1 Å². The molecule has 3 fully saturated rings. The summed E-state index contributed by atoms with van der Waals surface area (Å²) in [4.78, 5) is 14.2. The lowest BCUT2D eigenvalue weighted by Crippen LogP contribution is -2.52. The van der Waals surface area contributed by atoms with Crippen LogP contribution in [0.1, 0.15) is 87.0 Å². The summed E-state index contributed by atoms with van der Waals surface area (Å²) < 4.78 is 19.4. The largest absolute Gasteiger partial charge is 0.488 e. The molecule has 3 unspecified atom stereocenters. The van der Waals surface area contributed by atoms with Crippen LogP contribution in [0.5, 0.6) is 0 Å². The van der Waals surface area contributed by atoms with Gasteiger partial charge in [0.1, 0.15) is 5.60 Å². The van der Waals surface area contributed by atoms with E-state index in [4.69, 9.17) is 13.9 Å². The molecule has 0 aromatic rings. The second kappa shape index (κ2) is 8.09. The van der Waals surface area contributed by atoms with Crippen LogP contribution in [0, 0.1) is 23.2 Å². The molecule has 0 aromatic heterocycles. The molecule has 4 aliphatic rings. The van der Waals surface area contributed by atoms with Gasteiger partial charge < -0.3 is 19.0 Å². The molecule has 4 rings (SSSR count). The maximum Gasteiger partial charge on any atom is 0.210 e. The van der Waals surface area contributed by atoms with Gasteiger partial charge in [-0.05, 0) is 83.3 Å². The Balaban J connectivity index is 1.82. The maximum absolute atomic E-state index is 14.2. The van der Waals surface area contributed by atoms with Crippen LogP contribution in [-0.4, -0.2) is 43.1 Å². The first-order valence-corrected chi connectivity index (χ1v) is 16.1. The standard InChI is InChI=1S/C27H46O5Si/c1-16(2)30-22-23(28)26-15-11-13-18(26)21-19(27(26,29)24(22)31-17(3)4)12-10-14-20(21)32-33(8,9)25(5,6)7/h16-21,29H,10-15H2,1-9H3/t18-,19?,20?,21?,26-,27-/m1/s1. The topological polar surface area (TPSA) is 65.0 Å². The molecule has 188 valence electrons. The van der Waals surface area contributed by atoms with Gasteiger partial charge in [0.2, 0.25) is 11.5 Å². The van der Waals surface area contributed by atoms with Crippen LogP contribution in [0.3, 0.4) is 0 Å². The summed E-state index contributed by atoms with van der Waals surface area (Å²) in [6.07, 6.45) is 5.38. The first-order chi connectivity index (χ1) is 15.2. The van der Waals surface area contributed by atoms with Crippen molar-refractivity contribution in [3.8, 4) is 0 Å². The van der Waals surface area contributed by atoms with Crippen molar-refractivity contribution in [3.05, 3.63) is 11.5 Å². The zero-order valence-corrected chi connectivity index (χ0v) is 23.3. The Hall–Kier alpha value is -0.853. The summed E-state index contributed by atoms with van der Waals surface area (Å²) in [5, 5.41) is 12.8. The highest BCUT2D eigenvalue weighted by molar-refractivity contribution is 6.74. The molecule has 0 bridgehead atoms. The van der Waals surface area contributed by atoms with Crippen molar-refractivity contribution in [2.24, 2.45) is 23.2 Å². The highest BCUT2D eigenvalue weighted by Crippen LogP contribution is 2.73. The number of rotatable bonds is 6. The monoisotopic (exact) mass is 478 g/mol. The lowest BCUT2D eigenvalue weighted by atomic mass is 9.68. The Morgan fingerprint density at radius 1 is 0.970 bits per heavy atom. The van der Waals surface area contributed by atoms with E-state index in [9.17, 15) is 9.90 Å². The third-order valence-electron chi connectivity index (χ3n) is 9.42. The fourth-order valence-corrected chi connectivity index (χ4v) is 8.67. The van der Waals surface area contributed by atoms with Crippen LogP contribution in [0.25, 0.3) is 0 Å². The predicted octanol–water partition coefficient (Wildman–Crippen LogP) is 5.97. The van der Waals surface area contributed by atoms with Gasteiger partial charge in [-0.1, -0.05) is 33.6 Å². The predicted molar refractivity (Wildman–Crippen MR) is 132 cm³/mol. The van der Waals surface area contributed by atoms with Gasteiger partial charge in [-0.15, -0.1) is 0 Å². The number of Topliss-reactive ketones (excluding diaryl/α,β-unsaturated/α-hetero) is 1. The van der Waals surface area contributed by atoms with Crippen molar-refractivity contribution in [1.29, 1.82) is 0 Å².